The lowest BCUT2D eigenvalue weighted by Crippen LogP contribution is -2.33. The van der Waals surface area contributed by atoms with E-state index in [0.717, 1.165) is 0 Å². The summed E-state index contributed by atoms with van der Waals surface area (Å²) in [6.07, 6.45) is 0. The maximum atomic E-state index is 12.9. The van der Waals surface area contributed by atoms with Crippen LogP contribution in [-0.2, 0) is 5.60 Å². The third-order valence-electron chi connectivity index (χ3n) is 2.06. The van der Waals surface area contributed by atoms with Crippen LogP contribution in [0.3, 0.4) is 0 Å². The van der Waals surface area contributed by atoms with Crippen molar-refractivity contribution in [1.29, 1.82) is 0 Å². The molecule has 0 bridgehead atoms. The maximum Gasteiger partial charge on any atom is 0.137 e. The fourth-order valence-corrected chi connectivity index (χ4v) is 1.66. The summed E-state index contributed by atoms with van der Waals surface area (Å²) in [6.45, 7) is 2.11. The fraction of sp³-hybridized carbons (Fsp3) is 0.400. The topological polar surface area (TPSA) is 32.3 Å². The van der Waals surface area contributed by atoms with E-state index in [1.807, 2.05) is 0 Å². The summed E-state index contributed by atoms with van der Waals surface area (Å²) in [5.74, 6) is -0.325. The van der Waals surface area contributed by atoms with Crippen LogP contribution < -0.4 is 5.32 Å². The minimum atomic E-state index is -0.981. The highest BCUT2D eigenvalue weighted by atomic mass is 79.9. The first-order valence-corrected chi connectivity index (χ1v) is 5.09. The first-order chi connectivity index (χ1) is 6.47. The van der Waals surface area contributed by atoms with Crippen molar-refractivity contribution in [2.24, 2.45) is 0 Å². The summed E-state index contributed by atoms with van der Waals surface area (Å²) in [5.41, 5.74) is -0.301. The summed E-state index contributed by atoms with van der Waals surface area (Å²) < 4.78 is 13.3. The van der Waals surface area contributed by atoms with Gasteiger partial charge in [-0.2, -0.15) is 0 Å². The molecule has 0 aliphatic carbocycles. The lowest BCUT2D eigenvalue weighted by Gasteiger charge is -2.23. The summed E-state index contributed by atoms with van der Waals surface area (Å²) in [6, 6.07) is 4.51. The maximum absolute atomic E-state index is 12.9. The fourth-order valence-electron chi connectivity index (χ4n) is 1.28. The summed E-state index contributed by atoms with van der Waals surface area (Å²) in [4.78, 5) is 0. The van der Waals surface area contributed by atoms with Crippen molar-refractivity contribution in [3.05, 3.63) is 34.1 Å². The molecule has 1 aromatic carbocycles. The van der Waals surface area contributed by atoms with Crippen LogP contribution in [-0.4, -0.2) is 18.7 Å². The SMILES string of the molecule is CNCC(C)(O)c1ccc(F)c(Br)c1. The van der Waals surface area contributed by atoms with Crippen LogP contribution >= 0.6 is 15.9 Å². The van der Waals surface area contributed by atoms with Crippen molar-refractivity contribution in [3.8, 4) is 0 Å². The number of rotatable bonds is 3. The molecule has 0 heterocycles. The Bertz CT molecular complexity index is 328. The molecule has 0 amide bonds. The average Bonchev–Trinajstić information content (AvgIpc) is 2.09. The second-order valence-electron chi connectivity index (χ2n) is 3.43. The van der Waals surface area contributed by atoms with Crippen molar-refractivity contribution in [3.63, 3.8) is 0 Å². The number of nitrogens with one attached hydrogen (secondary N) is 1. The van der Waals surface area contributed by atoms with Crippen molar-refractivity contribution in [2.45, 2.75) is 12.5 Å². The van der Waals surface area contributed by atoms with E-state index in [2.05, 4.69) is 21.2 Å². The molecule has 1 atom stereocenters. The van der Waals surface area contributed by atoms with Crippen molar-refractivity contribution in [1.82, 2.24) is 5.32 Å². The molecule has 0 saturated carbocycles. The Labute approximate surface area is 91.3 Å². The van der Waals surface area contributed by atoms with Gasteiger partial charge in [0.05, 0.1) is 10.1 Å². The standard InChI is InChI=1S/C10H13BrFNO/c1-10(14,6-13-2)7-3-4-9(12)8(11)5-7/h3-5,13-14H,6H2,1-2H3. The van der Waals surface area contributed by atoms with Crippen molar-refractivity contribution in [2.75, 3.05) is 13.6 Å². The molecule has 4 heteroatoms. The minimum absolute atomic E-state index is 0.325. The van der Waals surface area contributed by atoms with Crippen LogP contribution in [0.4, 0.5) is 4.39 Å². The van der Waals surface area contributed by atoms with Gasteiger partial charge < -0.3 is 10.4 Å². The van der Waals surface area contributed by atoms with E-state index in [1.54, 1.807) is 26.1 Å². The third kappa shape index (κ3) is 2.53. The van der Waals surface area contributed by atoms with Gasteiger partial charge in [0.2, 0.25) is 0 Å². The summed E-state index contributed by atoms with van der Waals surface area (Å²) in [7, 11) is 1.76. The number of aliphatic hydroxyl groups is 1. The van der Waals surface area contributed by atoms with Gasteiger partial charge in [-0.15, -0.1) is 0 Å². The van der Waals surface area contributed by atoms with E-state index in [4.69, 9.17) is 0 Å². The lowest BCUT2D eigenvalue weighted by molar-refractivity contribution is 0.0590. The van der Waals surface area contributed by atoms with Gasteiger partial charge in [-0.3, -0.25) is 0 Å². The Kier molecular flexibility index (Phi) is 3.64. The van der Waals surface area contributed by atoms with Gasteiger partial charge in [0.1, 0.15) is 5.82 Å². The van der Waals surface area contributed by atoms with Gasteiger partial charge in [0, 0.05) is 6.54 Å². The third-order valence-corrected chi connectivity index (χ3v) is 2.67. The molecule has 14 heavy (non-hydrogen) atoms. The first-order valence-electron chi connectivity index (χ1n) is 4.30. The zero-order valence-corrected chi connectivity index (χ0v) is 9.73. The number of benzene rings is 1. The van der Waals surface area contributed by atoms with Crippen LogP contribution in [0.1, 0.15) is 12.5 Å². The monoisotopic (exact) mass is 261 g/mol. The highest BCUT2D eigenvalue weighted by molar-refractivity contribution is 9.10. The van der Waals surface area contributed by atoms with Crippen LogP contribution in [0.5, 0.6) is 0 Å². The molecule has 1 rings (SSSR count). The smallest absolute Gasteiger partial charge is 0.137 e. The van der Waals surface area contributed by atoms with Crippen LogP contribution in [0, 0.1) is 5.82 Å². The molecule has 0 radical (unpaired) electrons. The Balaban J connectivity index is 3.01. The number of hydrogen-bond acceptors (Lipinski definition) is 2. The second kappa shape index (κ2) is 4.38. The lowest BCUT2D eigenvalue weighted by atomic mass is 9.96. The van der Waals surface area contributed by atoms with Gasteiger partial charge in [0.25, 0.3) is 0 Å². The number of halogens is 2. The normalized spacial score (nSPS) is 15.2. The highest BCUT2D eigenvalue weighted by Gasteiger charge is 2.22. The van der Waals surface area contributed by atoms with Crippen LogP contribution in [0.2, 0.25) is 0 Å². The van der Waals surface area contributed by atoms with E-state index >= 15 is 0 Å². The molecule has 78 valence electrons. The molecule has 0 aliphatic rings. The molecule has 0 spiro atoms. The Morgan fingerprint density at radius 2 is 2.21 bits per heavy atom. The quantitative estimate of drug-likeness (QED) is 0.873. The minimum Gasteiger partial charge on any atom is -0.384 e. The van der Waals surface area contributed by atoms with E-state index in [0.29, 0.717) is 16.6 Å². The molecule has 0 aliphatic heterocycles. The van der Waals surface area contributed by atoms with Gasteiger partial charge in [-0.25, -0.2) is 4.39 Å². The highest BCUT2D eigenvalue weighted by Crippen LogP contribution is 2.24. The first kappa shape index (κ1) is 11.6. The summed E-state index contributed by atoms with van der Waals surface area (Å²) in [5, 5.41) is 12.9. The predicted molar refractivity (Wildman–Crippen MR) is 57.6 cm³/mol. The predicted octanol–water partition coefficient (Wildman–Crippen LogP) is 2.02. The van der Waals surface area contributed by atoms with E-state index in [-0.39, 0.29) is 5.82 Å². The molecule has 1 aromatic rings. The molecule has 2 N–H and O–H groups in total. The van der Waals surface area contributed by atoms with E-state index in [1.165, 1.54) is 6.07 Å². The van der Waals surface area contributed by atoms with Gasteiger partial charge in [-0.1, -0.05) is 6.07 Å². The zero-order valence-electron chi connectivity index (χ0n) is 8.14. The average molecular weight is 262 g/mol. The van der Waals surface area contributed by atoms with E-state index < -0.39 is 5.60 Å². The molecular weight excluding hydrogens is 249 g/mol. The molecule has 1 unspecified atom stereocenters. The number of hydrogen-bond donors (Lipinski definition) is 2. The Hall–Kier alpha value is -0.450. The summed E-state index contributed by atoms with van der Waals surface area (Å²) >= 11 is 3.08. The molecule has 0 aromatic heterocycles. The van der Waals surface area contributed by atoms with Crippen LogP contribution in [0.25, 0.3) is 0 Å². The van der Waals surface area contributed by atoms with Crippen molar-refractivity contribution < 1.29 is 9.50 Å². The molecule has 0 fully saturated rings. The zero-order chi connectivity index (χ0) is 10.8. The second-order valence-corrected chi connectivity index (χ2v) is 4.29. The van der Waals surface area contributed by atoms with Crippen LogP contribution in [0.15, 0.2) is 22.7 Å². The largest absolute Gasteiger partial charge is 0.384 e. The molecule has 0 saturated heterocycles. The molecule has 2 nitrogen and oxygen atoms in total. The van der Waals surface area contributed by atoms with E-state index in [9.17, 15) is 9.50 Å². The molecular formula is C10H13BrFNO. The van der Waals surface area contributed by atoms with Gasteiger partial charge >= 0.3 is 0 Å². The Morgan fingerprint density at radius 3 is 2.71 bits per heavy atom. The van der Waals surface area contributed by atoms with Crippen molar-refractivity contribution >= 4 is 15.9 Å². The number of likely N-dealkylation sites (N-methyl/N-ethyl adjacent to an activating group) is 1. The van der Waals surface area contributed by atoms with Gasteiger partial charge in [-0.05, 0) is 47.6 Å². The van der Waals surface area contributed by atoms with Gasteiger partial charge in [0.15, 0.2) is 0 Å². The Morgan fingerprint density at radius 1 is 1.57 bits per heavy atom.